The maximum Gasteiger partial charge on any atom is 0.339 e. The van der Waals surface area contributed by atoms with Crippen LogP contribution in [0, 0.1) is 6.92 Å². The van der Waals surface area contributed by atoms with Crippen molar-refractivity contribution in [1.29, 1.82) is 0 Å². The van der Waals surface area contributed by atoms with Crippen LogP contribution in [0.3, 0.4) is 0 Å². The Hall–Kier alpha value is -7.39. The summed E-state index contributed by atoms with van der Waals surface area (Å²) in [7, 11) is 0. The van der Waals surface area contributed by atoms with E-state index in [-0.39, 0.29) is 34.1 Å². The summed E-state index contributed by atoms with van der Waals surface area (Å²) in [6, 6.07) is 31.7. The van der Waals surface area contributed by atoms with Crippen molar-refractivity contribution in [2.24, 2.45) is 0 Å². The summed E-state index contributed by atoms with van der Waals surface area (Å²) < 4.78 is 6.65. The van der Waals surface area contributed by atoms with E-state index >= 15 is 0 Å². The van der Waals surface area contributed by atoms with E-state index in [4.69, 9.17) is 4.42 Å². The number of hydrogen-bond acceptors (Lipinski definition) is 11. The van der Waals surface area contributed by atoms with Gasteiger partial charge in [-0.1, -0.05) is 60.7 Å². The number of fused-ring (bicyclic) bond motifs is 4. The number of aromatic nitrogens is 3. The average molecular weight is 859 g/mol. The van der Waals surface area contributed by atoms with Crippen LogP contribution in [-0.2, 0) is 6.42 Å². The Kier molecular flexibility index (Phi) is 10.5. The maximum atomic E-state index is 12.9. The number of amides is 1. The van der Waals surface area contributed by atoms with Crippen molar-refractivity contribution in [2.75, 3.05) is 5.32 Å². The molecule has 11 nitrogen and oxygen atoms in total. The summed E-state index contributed by atoms with van der Waals surface area (Å²) in [5.74, 6) is -2.60. The van der Waals surface area contributed by atoms with Gasteiger partial charge in [0.15, 0.2) is 11.5 Å². The normalized spacial score (nSPS) is 11.2. The third kappa shape index (κ3) is 7.66. The molecule has 0 saturated carbocycles. The minimum Gasteiger partial charge on any atom is -0.478 e. The number of nitrogens with one attached hydrogen (secondary N) is 1. The number of pyridine rings is 1. The van der Waals surface area contributed by atoms with E-state index in [0.29, 0.717) is 32.0 Å². The van der Waals surface area contributed by atoms with E-state index in [0.717, 1.165) is 48.6 Å². The number of carbonyl (C=O) groups excluding carboxylic acids is 2. The summed E-state index contributed by atoms with van der Waals surface area (Å²) in [5, 5.41) is 29.0. The van der Waals surface area contributed by atoms with Gasteiger partial charge in [0.05, 0.1) is 27.0 Å². The third-order valence-electron chi connectivity index (χ3n) is 10.0. The van der Waals surface area contributed by atoms with Crippen LogP contribution in [0.5, 0.6) is 0 Å². The lowest BCUT2D eigenvalue weighted by molar-refractivity contribution is 0.0687. The Labute approximate surface area is 358 Å². The van der Waals surface area contributed by atoms with Gasteiger partial charge in [-0.05, 0) is 76.8 Å². The lowest BCUT2D eigenvalue weighted by atomic mass is 9.97. The topological polar surface area (TPSA) is 173 Å². The van der Waals surface area contributed by atoms with Gasteiger partial charge in [-0.25, -0.2) is 9.59 Å². The first-order valence-electron chi connectivity index (χ1n) is 18.7. The third-order valence-corrected chi connectivity index (χ3v) is 13.1. The van der Waals surface area contributed by atoms with Crippen molar-refractivity contribution in [2.45, 2.75) is 13.3 Å². The molecule has 10 rings (SSSR count). The first kappa shape index (κ1) is 39.1. The Morgan fingerprint density at radius 3 is 2.23 bits per heavy atom. The lowest BCUT2D eigenvalue weighted by Gasteiger charge is -2.09. The van der Waals surface area contributed by atoms with Crippen molar-refractivity contribution in [1.82, 2.24) is 15.0 Å². The van der Waals surface area contributed by atoms with Gasteiger partial charge in [-0.2, -0.15) is 0 Å². The van der Waals surface area contributed by atoms with Crippen LogP contribution in [0.2, 0.25) is 0 Å². The number of benzene rings is 4. The van der Waals surface area contributed by atoms with Crippen LogP contribution in [0.25, 0.3) is 65.2 Å². The van der Waals surface area contributed by atoms with Gasteiger partial charge in [0.25, 0.3) is 5.91 Å². The number of furan rings is 1. The van der Waals surface area contributed by atoms with Crippen molar-refractivity contribution >= 4 is 106 Å². The molecule has 10 aromatic rings. The zero-order valence-electron chi connectivity index (χ0n) is 31.9. The van der Waals surface area contributed by atoms with Gasteiger partial charge < -0.3 is 19.9 Å². The molecular formula is C47H30N4O7S3. The Morgan fingerprint density at radius 1 is 0.689 bits per heavy atom. The summed E-state index contributed by atoms with van der Waals surface area (Å²) in [5.41, 5.74) is 6.71. The molecule has 0 fully saturated rings. The molecular weight excluding hydrogens is 829 g/mol. The molecule has 61 heavy (non-hydrogen) atoms. The Morgan fingerprint density at radius 2 is 1.44 bits per heavy atom. The highest BCUT2D eigenvalue weighted by molar-refractivity contribution is 7.21. The second kappa shape index (κ2) is 16.3. The molecule has 3 N–H and O–H groups in total. The monoisotopic (exact) mass is 858 g/mol. The predicted octanol–water partition coefficient (Wildman–Crippen LogP) is 11.7. The molecule has 0 spiro atoms. The zero-order valence-corrected chi connectivity index (χ0v) is 34.4. The number of ketones is 1. The minimum absolute atomic E-state index is 0.0449. The quantitative estimate of drug-likeness (QED) is 0.119. The molecule has 4 aromatic carbocycles. The second-order valence-electron chi connectivity index (χ2n) is 13.9. The van der Waals surface area contributed by atoms with E-state index in [2.05, 4.69) is 20.3 Å². The zero-order chi connectivity index (χ0) is 42.2. The molecule has 1 amide bonds. The summed E-state index contributed by atoms with van der Waals surface area (Å²) in [4.78, 5) is 64.0. The van der Waals surface area contributed by atoms with Crippen LogP contribution < -0.4 is 5.32 Å². The van der Waals surface area contributed by atoms with Gasteiger partial charge in [0.1, 0.15) is 16.1 Å². The number of anilines is 1. The van der Waals surface area contributed by atoms with Crippen molar-refractivity contribution in [3.05, 3.63) is 165 Å². The number of nitrogens with zero attached hydrogens (tertiary/aromatic N) is 3. The van der Waals surface area contributed by atoms with Crippen LogP contribution >= 0.6 is 34.0 Å². The van der Waals surface area contributed by atoms with Crippen molar-refractivity contribution < 1.29 is 33.8 Å². The molecule has 6 aromatic heterocycles. The number of hydrogen-bond donors (Lipinski definition) is 3. The highest BCUT2D eigenvalue weighted by Gasteiger charge is 2.25. The van der Waals surface area contributed by atoms with Crippen LogP contribution in [0.4, 0.5) is 5.00 Å². The summed E-state index contributed by atoms with van der Waals surface area (Å²) in [6.07, 6.45) is 5.00. The predicted molar refractivity (Wildman–Crippen MR) is 241 cm³/mol. The highest BCUT2D eigenvalue weighted by atomic mass is 32.1. The summed E-state index contributed by atoms with van der Waals surface area (Å²) in [6.45, 7) is 1.96. The number of aryl methyl sites for hydroxylation is 1. The van der Waals surface area contributed by atoms with E-state index in [1.807, 2.05) is 97.9 Å². The number of carboxylic acid groups (broad SMARTS) is 2. The molecule has 0 aliphatic rings. The Bertz CT molecular complexity index is 3300. The first-order valence-corrected chi connectivity index (χ1v) is 21.3. The summed E-state index contributed by atoms with van der Waals surface area (Å²) >= 11 is 3.90. The number of Topliss-reactive ketones (excluding diaryl/α,β-unsaturated/α-hetero) is 1. The van der Waals surface area contributed by atoms with Crippen LogP contribution in [0.1, 0.15) is 51.4 Å². The fourth-order valence-corrected chi connectivity index (χ4v) is 10.1. The number of carbonyl (C=O) groups is 4. The van der Waals surface area contributed by atoms with Gasteiger partial charge in [0, 0.05) is 61.9 Å². The molecule has 0 unspecified atom stereocenters. The van der Waals surface area contributed by atoms with Gasteiger partial charge in [-0.15, -0.1) is 34.0 Å². The van der Waals surface area contributed by atoms with Gasteiger partial charge in [-0.3, -0.25) is 24.5 Å². The van der Waals surface area contributed by atoms with Crippen molar-refractivity contribution in [3.8, 4) is 22.3 Å². The minimum atomic E-state index is -1.12. The fourth-order valence-electron chi connectivity index (χ4n) is 7.13. The fraction of sp³-hybridized carbons (Fsp3) is 0.0426. The smallest absolute Gasteiger partial charge is 0.339 e. The molecule has 0 bridgehead atoms. The van der Waals surface area contributed by atoms with Gasteiger partial charge >= 0.3 is 11.9 Å². The number of para-hydroxylation sites is 1. The largest absolute Gasteiger partial charge is 0.478 e. The van der Waals surface area contributed by atoms with Gasteiger partial charge in [0.2, 0.25) is 0 Å². The van der Waals surface area contributed by atoms with E-state index in [1.165, 1.54) is 34.0 Å². The van der Waals surface area contributed by atoms with E-state index in [1.54, 1.807) is 41.5 Å². The Balaban J connectivity index is 0.000000156. The molecule has 0 radical (unpaired) electrons. The molecule has 0 aliphatic carbocycles. The SMILES string of the molecule is Cc1ccc(-c2csc(NC(=O)c3cc4ccccc4o3)c2C(=O)O)c2cccnc12.O=C(Cc1scc(-c2ccc3nccnc3c2)c1C(=O)O)c1cc2ccccc2s1. The first-order chi connectivity index (χ1) is 29.6. The standard InChI is InChI=1S/C24H16N2O4S.C23H14N2O3S2/c1-13-8-9-15(16-6-4-10-25-21(13)16)17-12-31-23(20(17)24(28)29)26-22(27)19-11-14-5-2-3-7-18(14)30-19;26-18(20-10-14-3-1-2-4-19(14)30-20)11-21-22(23(27)28)15(12-29-21)13-5-6-16-17(9-13)25-8-7-24-16/h2-12H,1H3,(H,26,27)(H,28,29);1-10,12H,11H2,(H,27,28). The molecule has 14 heteroatoms. The van der Waals surface area contributed by atoms with E-state index < -0.39 is 17.8 Å². The number of aromatic carboxylic acids is 2. The molecule has 0 atom stereocenters. The second-order valence-corrected chi connectivity index (χ2v) is 16.8. The number of rotatable bonds is 9. The molecule has 6 heterocycles. The van der Waals surface area contributed by atoms with Crippen LogP contribution in [-0.4, -0.2) is 48.8 Å². The molecule has 298 valence electrons. The highest BCUT2D eigenvalue weighted by Crippen LogP contribution is 2.40. The molecule has 0 aliphatic heterocycles. The maximum absolute atomic E-state index is 12.9. The lowest BCUT2D eigenvalue weighted by Crippen LogP contribution is -2.12. The average Bonchev–Trinajstić information content (AvgIpc) is 4.09. The van der Waals surface area contributed by atoms with Crippen molar-refractivity contribution in [3.63, 3.8) is 0 Å². The number of carboxylic acids is 2. The number of thiophene rings is 3. The van der Waals surface area contributed by atoms with E-state index in [9.17, 15) is 29.4 Å². The van der Waals surface area contributed by atoms with Crippen LogP contribution in [0.15, 0.2) is 137 Å². The molecule has 0 saturated heterocycles.